The number of hydrogen-bond acceptors (Lipinski definition) is 3. The van der Waals surface area contributed by atoms with Gasteiger partial charge in [0.1, 0.15) is 0 Å². The molecule has 1 aliphatic heterocycles. The molecule has 128 valence electrons. The zero-order valence-corrected chi connectivity index (χ0v) is 16.9. The molecule has 0 aromatic rings. The van der Waals surface area contributed by atoms with Crippen molar-refractivity contribution in [1.82, 2.24) is 10.6 Å². The fourth-order valence-electron chi connectivity index (χ4n) is 3.01. The van der Waals surface area contributed by atoms with Gasteiger partial charge in [-0.2, -0.15) is 11.8 Å². The molecule has 0 radical (unpaired) electrons. The molecule has 0 bridgehead atoms. The van der Waals surface area contributed by atoms with Crippen LogP contribution in [0.3, 0.4) is 0 Å². The van der Waals surface area contributed by atoms with Gasteiger partial charge in [-0.05, 0) is 38.4 Å². The van der Waals surface area contributed by atoms with Crippen LogP contribution in [0.1, 0.15) is 38.5 Å². The van der Waals surface area contributed by atoms with Crippen molar-refractivity contribution in [3.63, 3.8) is 0 Å². The van der Waals surface area contributed by atoms with Gasteiger partial charge in [-0.15, -0.1) is 24.0 Å². The number of rotatable bonds is 5. The summed E-state index contributed by atoms with van der Waals surface area (Å²) < 4.78 is 5.33. The maximum absolute atomic E-state index is 5.33. The largest absolute Gasteiger partial charge is 0.377 e. The second-order valence-corrected chi connectivity index (χ2v) is 6.94. The van der Waals surface area contributed by atoms with E-state index in [1.807, 2.05) is 18.8 Å². The molecule has 4 nitrogen and oxygen atoms in total. The number of thioether (sulfide) groups is 1. The highest BCUT2D eigenvalue weighted by Gasteiger charge is 2.21. The number of nitrogens with zero attached hydrogens (tertiary/aromatic N) is 1. The Labute approximate surface area is 156 Å². The van der Waals surface area contributed by atoms with E-state index < -0.39 is 0 Å². The molecule has 2 rings (SSSR count). The van der Waals surface area contributed by atoms with E-state index in [0.29, 0.717) is 6.04 Å². The monoisotopic (exact) mass is 439 g/mol. The fourth-order valence-corrected chi connectivity index (χ4v) is 3.84. The van der Waals surface area contributed by atoms with E-state index >= 15 is 0 Å². The fraction of sp³-hybridized carbons (Fsp3) is 0.812. The van der Waals surface area contributed by atoms with Crippen molar-refractivity contribution in [2.45, 2.75) is 49.8 Å². The second-order valence-electron chi connectivity index (χ2n) is 5.80. The van der Waals surface area contributed by atoms with Gasteiger partial charge < -0.3 is 15.4 Å². The first kappa shape index (κ1) is 20.1. The summed E-state index contributed by atoms with van der Waals surface area (Å²) in [6, 6.07) is 0.574. The quantitative estimate of drug-likeness (QED) is 0.299. The smallest absolute Gasteiger partial charge is 0.191 e. The molecule has 1 heterocycles. The van der Waals surface area contributed by atoms with Crippen LogP contribution in [0.25, 0.3) is 0 Å². The normalized spacial score (nSPS) is 25.9. The van der Waals surface area contributed by atoms with Gasteiger partial charge in [-0.1, -0.05) is 18.1 Å². The minimum absolute atomic E-state index is 0. The third kappa shape index (κ3) is 7.08. The van der Waals surface area contributed by atoms with Crippen molar-refractivity contribution >= 4 is 41.7 Å². The summed E-state index contributed by atoms with van der Waals surface area (Å²) >= 11 is 2.00. The van der Waals surface area contributed by atoms with E-state index in [1.165, 1.54) is 31.3 Å². The van der Waals surface area contributed by atoms with Crippen molar-refractivity contribution in [2.24, 2.45) is 4.99 Å². The predicted molar refractivity (Wildman–Crippen MR) is 108 cm³/mol. The summed E-state index contributed by atoms with van der Waals surface area (Å²) in [5, 5.41) is 7.84. The Hall–Kier alpha value is 0.0500. The second kappa shape index (κ2) is 11.6. The van der Waals surface area contributed by atoms with E-state index in [4.69, 9.17) is 4.74 Å². The summed E-state index contributed by atoms with van der Waals surface area (Å²) in [7, 11) is 1.86. The SMILES string of the molecule is CN=C(NCCC1=CCOCC1)NC1CCCC(SC)C1.I. The van der Waals surface area contributed by atoms with Crippen molar-refractivity contribution in [2.75, 3.05) is 33.1 Å². The predicted octanol–water partition coefficient (Wildman–Crippen LogP) is 3.18. The average Bonchev–Trinajstić information content (AvgIpc) is 2.55. The molecule has 2 unspecified atom stereocenters. The third-order valence-electron chi connectivity index (χ3n) is 4.32. The topological polar surface area (TPSA) is 45.7 Å². The molecule has 1 aliphatic carbocycles. The van der Waals surface area contributed by atoms with Gasteiger partial charge in [-0.25, -0.2) is 0 Å². The van der Waals surface area contributed by atoms with Gasteiger partial charge in [0, 0.05) is 24.9 Å². The van der Waals surface area contributed by atoms with Gasteiger partial charge >= 0.3 is 0 Å². The first-order valence-electron chi connectivity index (χ1n) is 8.07. The Morgan fingerprint density at radius 2 is 2.32 bits per heavy atom. The maximum Gasteiger partial charge on any atom is 0.191 e. The Balaban J connectivity index is 0.00000242. The molecule has 0 amide bonds. The number of aliphatic imine (C=N–C) groups is 1. The Morgan fingerprint density at radius 1 is 1.45 bits per heavy atom. The molecule has 2 aliphatic rings. The standard InChI is InChI=1S/C16H29N3OS.HI/c1-17-16(18-9-6-13-7-10-20-11-8-13)19-14-4-3-5-15(12-14)21-2;/h7,14-15H,3-6,8-12H2,1-2H3,(H2,17,18,19);1H. The van der Waals surface area contributed by atoms with Gasteiger partial charge in [0.05, 0.1) is 13.2 Å². The molecule has 2 N–H and O–H groups in total. The lowest BCUT2D eigenvalue weighted by Gasteiger charge is -2.30. The van der Waals surface area contributed by atoms with Crippen LogP contribution in [0.15, 0.2) is 16.6 Å². The van der Waals surface area contributed by atoms with E-state index in [1.54, 1.807) is 0 Å². The number of ether oxygens (including phenoxy) is 1. The number of halogens is 1. The van der Waals surface area contributed by atoms with Gasteiger partial charge in [0.25, 0.3) is 0 Å². The van der Waals surface area contributed by atoms with Crippen molar-refractivity contribution in [3.8, 4) is 0 Å². The summed E-state index contributed by atoms with van der Waals surface area (Å²) in [4.78, 5) is 4.36. The van der Waals surface area contributed by atoms with E-state index in [9.17, 15) is 0 Å². The van der Waals surface area contributed by atoms with Gasteiger partial charge in [0.15, 0.2) is 5.96 Å². The lowest BCUT2D eigenvalue weighted by Crippen LogP contribution is -2.46. The minimum Gasteiger partial charge on any atom is -0.377 e. The molecule has 0 saturated heterocycles. The number of nitrogens with one attached hydrogen (secondary N) is 2. The summed E-state index contributed by atoms with van der Waals surface area (Å²) in [6.45, 7) is 2.60. The Kier molecular flexibility index (Phi) is 10.6. The van der Waals surface area contributed by atoms with Crippen molar-refractivity contribution < 1.29 is 4.74 Å². The first-order valence-corrected chi connectivity index (χ1v) is 9.36. The number of hydrogen-bond donors (Lipinski definition) is 2. The van der Waals surface area contributed by atoms with Crippen LogP contribution in [0.5, 0.6) is 0 Å². The van der Waals surface area contributed by atoms with Crippen LogP contribution in [0, 0.1) is 0 Å². The molecule has 1 saturated carbocycles. The highest BCUT2D eigenvalue weighted by molar-refractivity contribution is 14.0. The van der Waals surface area contributed by atoms with E-state index in [0.717, 1.165) is 43.8 Å². The van der Waals surface area contributed by atoms with Crippen LogP contribution >= 0.6 is 35.7 Å². The summed E-state index contributed by atoms with van der Waals surface area (Å²) in [6.07, 6.45) is 11.8. The van der Waals surface area contributed by atoms with Crippen LogP contribution in [-0.4, -0.2) is 50.3 Å². The van der Waals surface area contributed by atoms with Crippen LogP contribution in [-0.2, 0) is 4.74 Å². The minimum atomic E-state index is 0. The van der Waals surface area contributed by atoms with Crippen molar-refractivity contribution in [1.29, 1.82) is 0 Å². The zero-order chi connectivity index (χ0) is 14.9. The third-order valence-corrected chi connectivity index (χ3v) is 5.41. The van der Waals surface area contributed by atoms with Crippen LogP contribution < -0.4 is 10.6 Å². The van der Waals surface area contributed by atoms with Gasteiger partial charge in [0.2, 0.25) is 0 Å². The van der Waals surface area contributed by atoms with Crippen LogP contribution in [0.2, 0.25) is 0 Å². The zero-order valence-electron chi connectivity index (χ0n) is 13.8. The number of guanidine groups is 1. The Morgan fingerprint density at radius 3 is 3.00 bits per heavy atom. The van der Waals surface area contributed by atoms with E-state index in [-0.39, 0.29) is 24.0 Å². The lowest BCUT2D eigenvalue weighted by molar-refractivity contribution is 0.153. The molecule has 0 aromatic heterocycles. The summed E-state index contributed by atoms with van der Waals surface area (Å²) in [5.41, 5.74) is 1.50. The van der Waals surface area contributed by atoms with E-state index in [2.05, 4.69) is 28.0 Å². The summed E-state index contributed by atoms with van der Waals surface area (Å²) in [5.74, 6) is 0.953. The Bertz CT molecular complexity index is 376. The molecular formula is C16H30IN3OS. The van der Waals surface area contributed by atoms with Gasteiger partial charge in [-0.3, -0.25) is 4.99 Å². The molecule has 0 spiro atoms. The van der Waals surface area contributed by atoms with Crippen molar-refractivity contribution in [3.05, 3.63) is 11.6 Å². The lowest BCUT2D eigenvalue weighted by atomic mass is 9.95. The molecule has 6 heteroatoms. The van der Waals surface area contributed by atoms with Crippen LogP contribution in [0.4, 0.5) is 0 Å². The molecule has 1 fully saturated rings. The first-order chi connectivity index (χ1) is 10.3. The highest BCUT2D eigenvalue weighted by atomic mass is 127. The maximum atomic E-state index is 5.33. The average molecular weight is 439 g/mol. The molecule has 0 aromatic carbocycles. The highest BCUT2D eigenvalue weighted by Crippen LogP contribution is 2.26. The molecular weight excluding hydrogens is 409 g/mol. The molecule has 2 atom stereocenters. The molecule has 22 heavy (non-hydrogen) atoms.